The van der Waals surface area contributed by atoms with Gasteiger partial charge in [0.25, 0.3) is 0 Å². The van der Waals surface area contributed by atoms with E-state index >= 15 is 0 Å². The predicted octanol–water partition coefficient (Wildman–Crippen LogP) is 3.93. The zero-order valence-corrected chi connectivity index (χ0v) is 20.4. The van der Waals surface area contributed by atoms with Crippen LogP contribution in [0, 0.1) is 5.41 Å². The molecule has 34 heavy (non-hydrogen) atoms. The standard InChI is InChI=1S/C25H31N5O3S/c1-29-21-13-26-24(27-19-9-8-17-14-34(32,33)15-18(17)12-19)28-22(21)30(20-6-2-3-7-20)16-25(23(29)31)10-4-5-11-25/h8-9,12-13,20H,2-7,10-11,14-16H2,1H3,(H,26,27,28). The molecule has 2 aliphatic heterocycles. The Morgan fingerprint density at radius 1 is 1.06 bits per heavy atom. The van der Waals surface area contributed by atoms with Gasteiger partial charge in [0.1, 0.15) is 5.69 Å². The summed E-state index contributed by atoms with van der Waals surface area (Å²) in [6.45, 7) is 0.723. The predicted molar refractivity (Wildman–Crippen MR) is 132 cm³/mol. The third-order valence-electron chi connectivity index (χ3n) is 8.15. The molecule has 6 rings (SSSR count). The second kappa shape index (κ2) is 7.93. The molecule has 0 unspecified atom stereocenters. The van der Waals surface area contributed by atoms with Gasteiger partial charge in [-0.15, -0.1) is 0 Å². The fourth-order valence-corrected chi connectivity index (χ4v) is 7.98. The van der Waals surface area contributed by atoms with Crippen molar-refractivity contribution in [3.63, 3.8) is 0 Å². The largest absolute Gasteiger partial charge is 0.351 e. The number of benzene rings is 1. The summed E-state index contributed by atoms with van der Waals surface area (Å²) in [6, 6.07) is 6.02. The van der Waals surface area contributed by atoms with Crippen LogP contribution in [-0.4, -0.2) is 43.9 Å². The number of aromatic nitrogens is 2. The fraction of sp³-hybridized carbons (Fsp3) is 0.560. The molecule has 1 N–H and O–H groups in total. The van der Waals surface area contributed by atoms with Crippen LogP contribution in [0.25, 0.3) is 0 Å². The number of fused-ring (bicyclic) bond motifs is 2. The topological polar surface area (TPSA) is 95.5 Å². The zero-order valence-electron chi connectivity index (χ0n) is 19.6. The van der Waals surface area contributed by atoms with E-state index in [4.69, 9.17) is 4.98 Å². The number of hydrogen-bond acceptors (Lipinski definition) is 7. The van der Waals surface area contributed by atoms with E-state index in [1.54, 1.807) is 11.1 Å². The first-order valence-corrected chi connectivity index (χ1v) is 14.2. The summed E-state index contributed by atoms with van der Waals surface area (Å²) < 4.78 is 24.0. The van der Waals surface area contributed by atoms with E-state index in [0.717, 1.165) is 73.4 Å². The van der Waals surface area contributed by atoms with Crippen molar-refractivity contribution in [2.75, 3.05) is 28.7 Å². The molecule has 0 saturated heterocycles. The number of carbonyl (C=O) groups is 1. The minimum Gasteiger partial charge on any atom is -0.351 e. The first kappa shape index (κ1) is 21.8. The molecule has 2 aliphatic carbocycles. The first-order valence-electron chi connectivity index (χ1n) is 12.3. The second-order valence-electron chi connectivity index (χ2n) is 10.5. The molecule has 0 radical (unpaired) electrons. The van der Waals surface area contributed by atoms with Crippen molar-refractivity contribution >= 4 is 38.9 Å². The van der Waals surface area contributed by atoms with Gasteiger partial charge in [0.2, 0.25) is 11.9 Å². The number of amides is 1. The Bertz CT molecular complexity index is 1250. The molecule has 1 aromatic heterocycles. The van der Waals surface area contributed by atoms with Gasteiger partial charge >= 0.3 is 0 Å². The summed E-state index contributed by atoms with van der Waals surface area (Å²) in [5.41, 5.74) is 2.90. The molecule has 2 aromatic rings. The summed E-state index contributed by atoms with van der Waals surface area (Å²) in [6.07, 6.45) is 10.5. The van der Waals surface area contributed by atoms with Crippen LogP contribution in [0.5, 0.6) is 0 Å². The second-order valence-corrected chi connectivity index (χ2v) is 12.5. The minimum atomic E-state index is -3.05. The number of carbonyl (C=O) groups excluding carboxylic acids is 1. The Balaban J connectivity index is 1.36. The van der Waals surface area contributed by atoms with E-state index in [1.165, 1.54) is 12.8 Å². The van der Waals surface area contributed by atoms with Crippen LogP contribution in [0.3, 0.4) is 0 Å². The van der Waals surface area contributed by atoms with Gasteiger partial charge in [0.05, 0.1) is 23.1 Å². The summed E-state index contributed by atoms with van der Waals surface area (Å²) in [7, 11) is -1.20. The van der Waals surface area contributed by atoms with Gasteiger partial charge < -0.3 is 15.1 Å². The molecule has 1 spiro atoms. The van der Waals surface area contributed by atoms with E-state index < -0.39 is 9.84 Å². The first-order chi connectivity index (χ1) is 16.3. The van der Waals surface area contributed by atoms with Crippen molar-refractivity contribution < 1.29 is 13.2 Å². The monoisotopic (exact) mass is 481 g/mol. The molecule has 1 aromatic carbocycles. The Morgan fingerprint density at radius 2 is 1.79 bits per heavy atom. The summed E-state index contributed by atoms with van der Waals surface area (Å²) >= 11 is 0. The van der Waals surface area contributed by atoms with Crippen molar-refractivity contribution in [1.29, 1.82) is 0 Å². The number of nitrogens with one attached hydrogen (secondary N) is 1. The van der Waals surface area contributed by atoms with Crippen LogP contribution in [-0.2, 0) is 26.1 Å². The molecule has 1 amide bonds. The van der Waals surface area contributed by atoms with Crippen molar-refractivity contribution in [1.82, 2.24) is 9.97 Å². The maximum atomic E-state index is 13.6. The average molecular weight is 482 g/mol. The molecule has 8 nitrogen and oxygen atoms in total. The lowest BCUT2D eigenvalue weighted by Crippen LogP contribution is -2.47. The van der Waals surface area contributed by atoms with E-state index in [-0.39, 0.29) is 22.8 Å². The number of anilines is 4. The van der Waals surface area contributed by atoms with Crippen molar-refractivity contribution in [3.05, 3.63) is 35.5 Å². The van der Waals surface area contributed by atoms with Gasteiger partial charge in [0.15, 0.2) is 15.7 Å². The number of rotatable bonds is 3. The van der Waals surface area contributed by atoms with E-state index in [0.29, 0.717) is 12.0 Å². The third-order valence-corrected chi connectivity index (χ3v) is 9.66. The Hall–Kier alpha value is -2.68. The molecule has 4 aliphatic rings. The third kappa shape index (κ3) is 3.65. The van der Waals surface area contributed by atoms with Crippen molar-refractivity contribution in [2.45, 2.75) is 68.9 Å². The Labute approximate surface area is 200 Å². The molecule has 180 valence electrons. The molecule has 3 heterocycles. The van der Waals surface area contributed by atoms with Gasteiger partial charge in [-0.2, -0.15) is 4.98 Å². The Kier molecular flexibility index (Phi) is 5.09. The maximum absolute atomic E-state index is 13.6. The molecular weight excluding hydrogens is 450 g/mol. The van der Waals surface area contributed by atoms with Crippen molar-refractivity contribution in [2.24, 2.45) is 5.41 Å². The van der Waals surface area contributed by atoms with Crippen LogP contribution in [0.4, 0.5) is 23.1 Å². The number of hydrogen-bond donors (Lipinski definition) is 1. The summed E-state index contributed by atoms with van der Waals surface area (Å²) in [5.74, 6) is 1.67. The van der Waals surface area contributed by atoms with E-state index in [2.05, 4.69) is 15.2 Å². The summed E-state index contributed by atoms with van der Waals surface area (Å²) in [4.78, 5) is 27.3. The molecular formula is C25H31N5O3S. The van der Waals surface area contributed by atoms with Gasteiger partial charge in [0, 0.05) is 25.3 Å². The van der Waals surface area contributed by atoms with Crippen LogP contribution < -0.4 is 15.1 Å². The molecule has 9 heteroatoms. The SMILES string of the molecule is CN1C(=O)C2(CCCC2)CN(C2CCCC2)c2nc(Nc3ccc4c(c3)CS(=O)(=O)C4)ncc21. The molecule has 0 atom stereocenters. The van der Waals surface area contributed by atoms with Crippen molar-refractivity contribution in [3.8, 4) is 0 Å². The molecule has 2 saturated carbocycles. The van der Waals surface area contributed by atoms with E-state index in [9.17, 15) is 13.2 Å². The molecule has 0 bridgehead atoms. The lowest BCUT2D eigenvalue weighted by atomic mass is 9.84. The zero-order chi connectivity index (χ0) is 23.5. The molecule has 2 fully saturated rings. The van der Waals surface area contributed by atoms with Gasteiger partial charge in [-0.05, 0) is 48.9 Å². The van der Waals surface area contributed by atoms with Crippen LogP contribution in [0.2, 0.25) is 0 Å². The highest BCUT2D eigenvalue weighted by molar-refractivity contribution is 7.90. The van der Waals surface area contributed by atoms with Crippen LogP contribution in [0.15, 0.2) is 24.4 Å². The lowest BCUT2D eigenvalue weighted by molar-refractivity contribution is -0.127. The smallest absolute Gasteiger partial charge is 0.234 e. The average Bonchev–Trinajstić information content (AvgIpc) is 3.55. The minimum absolute atomic E-state index is 0.0767. The number of sulfone groups is 1. The number of nitrogens with zero attached hydrogens (tertiary/aromatic N) is 4. The van der Waals surface area contributed by atoms with Crippen LogP contribution >= 0.6 is 0 Å². The lowest BCUT2D eigenvalue weighted by Gasteiger charge is -2.36. The quantitative estimate of drug-likeness (QED) is 0.709. The van der Waals surface area contributed by atoms with Gasteiger partial charge in [-0.3, -0.25) is 4.79 Å². The van der Waals surface area contributed by atoms with Gasteiger partial charge in [-0.1, -0.05) is 31.7 Å². The maximum Gasteiger partial charge on any atom is 0.234 e. The van der Waals surface area contributed by atoms with Gasteiger partial charge in [-0.25, -0.2) is 13.4 Å². The highest BCUT2D eigenvalue weighted by Gasteiger charge is 2.48. The van der Waals surface area contributed by atoms with E-state index in [1.807, 2.05) is 25.2 Å². The van der Waals surface area contributed by atoms with Crippen LogP contribution in [0.1, 0.15) is 62.5 Å². The Morgan fingerprint density at radius 3 is 2.56 bits per heavy atom. The summed E-state index contributed by atoms with van der Waals surface area (Å²) in [5, 5.41) is 3.28. The highest BCUT2D eigenvalue weighted by Crippen LogP contribution is 2.47. The fourth-order valence-electron chi connectivity index (χ4n) is 6.38. The highest BCUT2D eigenvalue weighted by atomic mass is 32.2. The normalized spacial score (nSPS) is 23.3.